The predicted molar refractivity (Wildman–Crippen MR) is 72.2 cm³/mol. The summed E-state index contributed by atoms with van der Waals surface area (Å²) < 4.78 is 28.3. The van der Waals surface area contributed by atoms with E-state index in [1.165, 1.54) is 12.1 Å². The lowest BCUT2D eigenvalue weighted by Crippen LogP contribution is -2.22. The Labute approximate surface area is 116 Å². The predicted octanol–water partition coefficient (Wildman–Crippen LogP) is 2.47. The van der Waals surface area contributed by atoms with Crippen LogP contribution in [0.3, 0.4) is 0 Å². The Balaban J connectivity index is 2.21. The zero-order valence-corrected chi connectivity index (χ0v) is 11.6. The van der Waals surface area contributed by atoms with E-state index < -0.39 is 11.6 Å². The highest BCUT2D eigenvalue weighted by atomic mass is 19.1. The van der Waals surface area contributed by atoms with Crippen LogP contribution in [-0.2, 0) is 13.0 Å². The van der Waals surface area contributed by atoms with Gasteiger partial charge in [-0.25, -0.2) is 13.5 Å². The molecule has 0 bridgehead atoms. The first kappa shape index (κ1) is 14.6. The maximum Gasteiger partial charge on any atom is 0.126 e. The molecule has 0 fully saturated rings. The van der Waals surface area contributed by atoms with E-state index in [1.54, 1.807) is 6.20 Å². The summed E-state index contributed by atoms with van der Waals surface area (Å²) in [4.78, 5) is 0. The molecule has 1 aromatic heterocycles. The number of hydrogen-bond donors (Lipinski definition) is 1. The molecule has 20 heavy (non-hydrogen) atoms. The molecule has 0 aliphatic rings. The van der Waals surface area contributed by atoms with Gasteiger partial charge in [-0.05, 0) is 37.6 Å². The van der Waals surface area contributed by atoms with Gasteiger partial charge in [0.15, 0.2) is 0 Å². The van der Waals surface area contributed by atoms with E-state index in [0.29, 0.717) is 12.0 Å². The van der Waals surface area contributed by atoms with Gasteiger partial charge in [-0.2, -0.15) is 0 Å². The van der Waals surface area contributed by atoms with Crippen LogP contribution in [-0.4, -0.2) is 22.0 Å². The van der Waals surface area contributed by atoms with Gasteiger partial charge in [-0.3, -0.25) is 0 Å². The van der Waals surface area contributed by atoms with Crippen LogP contribution in [0.25, 0.3) is 0 Å². The molecule has 0 radical (unpaired) electrons. The summed E-state index contributed by atoms with van der Waals surface area (Å²) in [7, 11) is 1.81. The van der Waals surface area contributed by atoms with Crippen molar-refractivity contribution in [2.45, 2.75) is 32.4 Å². The minimum absolute atomic E-state index is 0.0854. The largest absolute Gasteiger partial charge is 0.311 e. The third-order valence-corrected chi connectivity index (χ3v) is 3.15. The van der Waals surface area contributed by atoms with E-state index in [0.717, 1.165) is 24.7 Å². The van der Waals surface area contributed by atoms with Crippen molar-refractivity contribution in [2.75, 3.05) is 7.05 Å². The van der Waals surface area contributed by atoms with E-state index in [9.17, 15) is 8.78 Å². The van der Waals surface area contributed by atoms with E-state index in [2.05, 4.69) is 22.6 Å². The molecule has 0 saturated heterocycles. The van der Waals surface area contributed by atoms with E-state index in [-0.39, 0.29) is 6.04 Å². The highest BCUT2D eigenvalue weighted by molar-refractivity contribution is 5.20. The maximum absolute atomic E-state index is 13.2. The quantitative estimate of drug-likeness (QED) is 0.884. The van der Waals surface area contributed by atoms with Crippen LogP contribution < -0.4 is 5.32 Å². The minimum atomic E-state index is -0.560. The summed E-state index contributed by atoms with van der Waals surface area (Å²) in [5, 5.41) is 11.1. The fraction of sp³-hybridized carbons (Fsp3) is 0.429. The molecule has 0 spiro atoms. The normalized spacial score (nSPS) is 12.6. The molecular formula is C14H18F2N4. The second-order valence-corrected chi connectivity index (χ2v) is 4.71. The summed E-state index contributed by atoms with van der Waals surface area (Å²) in [6.45, 7) is 2.83. The number of hydrogen-bond acceptors (Lipinski definition) is 3. The fourth-order valence-corrected chi connectivity index (χ4v) is 2.24. The van der Waals surface area contributed by atoms with Crippen LogP contribution in [0.4, 0.5) is 8.78 Å². The lowest BCUT2D eigenvalue weighted by atomic mass is 10.0. The van der Waals surface area contributed by atoms with Crippen molar-refractivity contribution >= 4 is 0 Å². The first-order valence-corrected chi connectivity index (χ1v) is 6.64. The number of aromatic nitrogens is 3. The number of nitrogens with one attached hydrogen (secondary N) is 1. The van der Waals surface area contributed by atoms with Crippen molar-refractivity contribution < 1.29 is 8.78 Å². The molecule has 1 unspecified atom stereocenters. The molecule has 1 heterocycles. The standard InChI is InChI=1S/C14H18F2N4/c1-3-4-20-14(9-18-19-20)13(17-2)7-10-5-11(15)8-12(16)6-10/h5-6,8-9,13,17H,3-4,7H2,1-2H3. The lowest BCUT2D eigenvalue weighted by molar-refractivity contribution is 0.488. The molecule has 2 rings (SSSR count). The number of aryl methyl sites for hydroxylation is 1. The van der Waals surface area contributed by atoms with Crippen LogP contribution in [0.1, 0.15) is 30.6 Å². The molecule has 108 valence electrons. The number of rotatable bonds is 6. The Morgan fingerprint density at radius 2 is 1.95 bits per heavy atom. The van der Waals surface area contributed by atoms with Gasteiger partial charge in [0.2, 0.25) is 0 Å². The Morgan fingerprint density at radius 3 is 2.55 bits per heavy atom. The smallest absolute Gasteiger partial charge is 0.126 e. The van der Waals surface area contributed by atoms with Crippen molar-refractivity contribution in [1.29, 1.82) is 0 Å². The molecule has 0 aliphatic heterocycles. The molecule has 1 N–H and O–H groups in total. The third kappa shape index (κ3) is 3.39. The Hall–Kier alpha value is -1.82. The van der Waals surface area contributed by atoms with Gasteiger partial charge in [0.1, 0.15) is 11.6 Å². The average molecular weight is 280 g/mol. The summed E-state index contributed by atoms with van der Waals surface area (Å²) in [5.41, 5.74) is 1.52. The van der Waals surface area contributed by atoms with Crippen LogP contribution in [0.5, 0.6) is 0 Å². The third-order valence-electron chi connectivity index (χ3n) is 3.15. The molecule has 1 atom stereocenters. The Morgan fingerprint density at radius 1 is 1.25 bits per heavy atom. The first-order valence-electron chi connectivity index (χ1n) is 6.64. The van der Waals surface area contributed by atoms with Gasteiger partial charge >= 0.3 is 0 Å². The maximum atomic E-state index is 13.2. The van der Waals surface area contributed by atoms with Crippen LogP contribution in [0.15, 0.2) is 24.4 Å². The van der Waals surface area contributed by atoms with Gasteiger partial charge in [0.25, 0.3) is 0 Å². The Kier molecular flexibility index (Phi) is 4.79. The van der Waals surface area contributed by atoms with E-state index >= 15 is 0 Å². The molecule has 1 aromatic carbocycles. The second kappa shape index (κ2) is 6.56. The fourth-order valence-electron chi connectivity index (χ4n) is 2.24. The molecule has 0 saturated carbocycles. The lowest BCUT2D eigenvalue weighted by Gasteiger charge is -2.17. The van der Waals surface area contributed by atoms with Crippen molar-refractivity contribution in [3.8, 4) is 0 Å². The SMILES string of the molecule is CCCn1nncc1C(Cc1cc(F)cc(F)c1)NC. The Bertz CT molecular complexity index is 548. The van der Waals surface area contributed by atoms with Gasteiger partial charge < -0.3 is 5.32 Å². The zero-order valence-electron chi connectivity index (χ0n) is 11.6. The monoisotopic (exact) mass is 280 g/mol. The molecule has 0 aliphatic carbocycles. The van der Waals surface area contributed by atoms with Crippen molar-refractivity contribution in [2.24, 2.45) is 0 Å². The summed E-state index contributed by atoms with van der Waals surface area (Å²) >= 11 is 0. The van der Waals surface area contributed by atoms with Gasteiger partial charge in [-0.15, -0.1) is 5.10 Å². The number of benzene rings is 1. The average Bonchev–Trinajstić information content (AvgIpc) is 2.83. The second-order valence-electron chi connectivity index (χ2n) is 4.71. The van der Waals surface area contributed by atoms with Gasteiger partial charge in [-0.1, -0.05) is 12.1 Å². The van der Waals surface area contributed by atoms with Crippen molar-refractivity contribution in [3.05, 3.63) is 47.3 Å². The molecule has 2 aromatic rings. The molecule has 6 heteroatoms. The van der Waals surface area contributed by atoms with Gasteiger partial charge in [0.05, 0.1) is 17.9 Å². The first-order chi connectivity index (χ1) is 9.63. The van der Waals surface area contributed by atoms with Crippen molar-refractivity contribution in [3.63, 3.8) is 0 Å². The van der Waals surface area contributed by atoms with E-state index in [1.807, 2.05) is 11.7 Å². The topological polar surface area (TPSA) is 42.7 Å². The summed E-state index contributed by atoms with van der Waals surface area (Å²) in [6, 6.07) is 3.49. The summed E-state index contributed by atoms with van der Waals surface area (Å²) in [6.07, 6.45) is 3.11. The highest BCUT2D eigenvalue weighted by Crippen LogP contribution is 2.19. The number of likely N-dealkylation sites (N-methyl/N-ethyl adjacent to an activating group) is 1. The van der Waals surface area contributed by atoms with Crippen molar-refractivity contribution in [1.82, 2.24) is 20.3 Å². The van der Waals surface area contributed by atoms with Crippen LogP contribution >= 0.6 is 0 Å². The van der Waals surface area contributed by atoms with Gasteiger partial charge in [0, 0.05) is 12.6 Å². The molecular weight excluding hydrogens is 262 g/mol. The zero-order chi connectivity index (χ0) is 14.5. The van der Waals surface area contributed by atoms with Crippen LogP contribution in [0, 0.1) is 11.6 Å². The molecule has 4 nitrogen and oxygen atoms in total. The number of nitrogens with zero attached hydrogens (tertiary/aromatic N) is 3. The number of halogens is 2. The molecule has 0 amide bonds. The summed E-state index contributed by atoms with van der Waals surface area (Å²) in [5.74, 6) is -1.12. The highest BCUT2D eigenvalue weighted by Gasteiger charge is 2.16. The van der Waals surface area contributed by atoms with E-state index in [4.69, 9.17) is 0 Å². The minimum Gasteiger partial charge on any atom is -0.311 e. The van der Waals surface area contributed by atoms with Crippen LogP contribution in [0.2, 0.25) is 0 Å².